The van der Waals surface area contributed by atoms with E-state index in [0.717, 1.165) is 22.5 Å². The second-order valence-corrected chi connectivity index (χ2v) is 3.13. The number of hydrogen-bond acceptors (Lipinski definition) is 3. The summed E-state index contributed by atoms with van der Waals surface area (Å²) in [6.45, 7) is 8.03. The lowest BCUT2D eigenvalue weighted by Gasteiger charge is -2.14. The molecular formula is C9H10N2O. The predicted octanol–water partition coefficient (Wildman–Crippen LogP) is 2.14. The van der Waals surface area contributed by atoms with Gasteiger partial charge in [0.15, 0.2) is 0 Å². The van der Waals surface area contributed by atoms with Crippen molar-refractivity contribution in [3.8, 4) is 0 Å². The van der Waals surface area contributed by atoms with Crippen molar-refractivity contribution >= 4 is 11.1 Å². The van der Waals surface area contributed by atoms with Crippen LogP contribution in [0.4, 0.5) is 0 Å². The third-order valence-corrected chi connectivity index (χ3v) is 2.22. The van der Waals surface area contributed by atoms with Crippen LogP contribution in [-0.2, 0) is 0 Å². The van der Waals surface area contributed by atoms with Gasteiger partial charge in [0.25, 0.3) is 0 Å². The maximum atomic E-state index is 4.65. The topological polar surface area (TPSA) is 38.9 Å². The van der Waals surface area contributed by atoms with Crippen LogP contribution < -0.4 is 0 Å². The van der Waals surface area contributed by atoms with E-state index in [9.17, 15) is 0 Å². The van der Waals surface area contributed by atoms with Crippen molar-refractivity contribution in [3.63, 3.8) is 0 Å². The first-order valence-corrected chi connectivity index (χ1v) is 3.90. The highest BCUT2D eigenvalue weighted by molar-refractivity contribution is 5.80. The average Bonchev–Trinajstić information content (AvgIpc) is 2.48. The van der Waals surface area contributed by atoms with Crippen molar-refractivity contribution < 1.29 is 4.63 Å². The van der Waals surface area contributed by atoms with Gasteiger partial charge in [-0.15, -0.1) is 0 Å². The Balaban J connectivity index is 2.62. The van der Waals surface area contributed by atoms with E-state index in [2.05, 4.69) is 34.5 Å². The molecule has 0 radical (unpaired) electrons. The van der Waals surface area contributed by atoms with Crippen LogP contribution in [0.25, 0.3) is 11.1 Å². The van der Waals surface area contributed by atoms with Gasteiger partial charge in [0.1, 0.15) is 11.4 Å². The Hall–Kier alpha value is -1.38. The molecule has 0 spiro atoms. The molecule has 1 heterocycles. The zero-order valence-corrected chi connectivity index (χ0v) is 7.16. The van der Waals surface area contributed by atoms with E-state index >= 15 is 0 Å². The summed E-state index contributed by atoms with van der Waals surface area (Å²) in [5.41, 5.74) is 3.74. The predicted molar refractivity (Wildman–Crippen MR) is 46.1 cm³/mol. The number of hydrogen-bond donors (Lipinski definition) is 0. The standard InChI is InChI=1S/C9H10N2O/c1-5-4-6(2)8-9(7(5)3)11-12-10-8/h4-5H,3H2,1-2H3. The van der Waals surface area contributed by atoms with Gasteiger partial charge in [-0.1, -0.05) is 19.6 Å². The first kappa shape index (κ1) is 7.28. The lowest BCUT2D eigenvalue weighted by atomic mass is 9.89. The third kappa shape index (κ3) is 0.826. The first-order valence-electron chi connectivity index (χ1n) is 3.90. The second-order valence-electron chi connectivity index (χ2n) is 3.13. The summed E-state index contributed by atoms with van der Waals surface area (Å²) >= 11 is 0. The van der Waals surface area contributed by atoms with Crippen LogP contribution in [0.5, 0.6) is 0 Å². The van der Waals surface area contributed by atoms with E-state index in [-0.39, 0.29) is 0 Å². The molecule has 3 nitrogen and oxygen atoms in total. The monoisotopic (exact) mass is 162 g/mol. The second kappa shape index (κ2) is 2.30. The van der Waals surface area contributed by atoms with Gasteiger partial charge < -0.3 is 0 Å². The molecule has 0 saturated carbocycles. The van der Waals surface area contributed by atoms with Crippen LogP contribution in [-0.4, -0.2) is 10.3 Å². The van der Waals surface area contributed by atoms with Crippen LogP contribution in [0.15, 0.2) is 17.3 Å². The largest absolute Gasteiger partial charge is 0.243 e. The van der Waals surface area contributed by atoms with Crippen molar-refractivity contribution in [1.82, 2.24) is 10.3 Å². The van der Waals surface area contributed by atoms with E-state index < -0.39 is 0 Å². The maximum absolute atomic E-state index is 4.65. The van der Waals surface area contributed by atoms with Gasteiger partial charge in [-0.3, -0.25) is 0 Å². The summed E-state index contributed by atoms with van der Waals surface area (Å²) in [6.07, 6.45) is 2.12. The lowest BCUT2D eigenvalue weighted by Crippen LogP contribution is -2.03. The molecule has 0 amide bonds. The number of rotatable bonds is 0. The van der Waals surface area contributed by atoms with Gasteiger partial charge >= 0.3 is 0 Å². The molecule has 1 aromatic rings. The molecule has 1 atom stereocenters. The minimum atomic E-state index is 0.337. The fourth-order valence-corrected chi connectivity index (χ4v) is 1.43. The van der Waals surface area contributed by atoms with Crippen molar-refractivity contribution in [1.29, 1.82) is 0 Å². The molecule has 3 heteroatoms. The number of fused-ring (bicyclic) bond motifs is 1. The number of aromatic nitrogens is 2. The van der Waals surface area contributed by atoms with E-state index in [4.69, 9.17) is 0 Å². The van der Waals surface area contributed by atoms with Crippen LogP contribution in [0.2, 0.25) is 0 Å². The van der Waals surface area contributed by atoms with Crippen LogP contribution in [0, 0.1) is 5.92 Å². The summed E-state index contributed by atoms with van der Waals surface area (Å²) in [5, 5.41) is 7.62. The highest BCUT2D eigenvalue weighted by Crippen LogP contribution is 2.33. The summed E-state index contributed by atoms with van der Waals surface area (Å²) in [5.74, 6) is 0.337. The van der Waals surface area contributed by atoms with Crippen molar-refractivity contribution in [2.75, 3.05) is 0 Å². The molecular weight excluding hydrogens is 152 g/mol. The molecule has 1 aliphatic rings. The van der Waals surface area contributed by atoms with Crippen molar-refractivity contribution in [3.05, 3.63) is 24.0 Å². The highest BCUT2D eigenvalue weighted by Gasteiger charge is 2.22. The van der Waals surface area contributed by atoms with Gasteiger partial charge in [0, 0.05) is 5.92 Å². The lowest BCUT2D eigenvalue weighted by molar-refractivity contribution is 0.305. The fraction of sp³-hybridized carbons (Fsp3) is 0.333. The molecule has 12 heavy (non-hydrogen) atoms. The maximum Gasteiger partial charge on any atom is 0.138 e. The molecule has 1 aliphatic carbocycles. The smallest absolute Gasteiger partial charge is 0.138 e. The fourth-order valence-electron chi connectivity index (χ4n) is 1.43. The zero-order valence-electron chi connectivity index (χ0n) is 7.16. The van der Waals surface area contributed by atoms with E-state index in [0.29, 0.717) is 5.92 Å². The molecule has 1 unspecified atom stereocenters. The van der Waals surface area contributed by atoms with Crippen LogP contribution >= 0.6 is 0 Å². The SMILES string of the molecule is C=C1c2nonc2C(C)=CC1C. The Kier molecular flexibility index (Phi) is 1.40. The Labute approximate surface area is 70.7 Å². The molecule has 0 aromatic carbocycles. The Bertz CT molecular complexity index is 362. The Morgan fingerprint density at radius 1 is 1.42 bits per heavy atom. The van der Waals surface area contributed by atoms with E-state index in [1.807, 2.05) is 6.92 Å². The quantitative estimate of drug-likeness (QED) is 0.586. The number of nitrogens with zero attached hydrogens (tertiary/aromatic N) is 2. The summed E-state index contributed by atoms with van der Waals surface area (Å²) in [4.78, 5) is 0. The van der Waals surface area contributed by atoms with Crippen molar-refractivity contribution in [2.45, 2.75) is 13.8 Å². The molecule has 0 bridgehead atoms. The molecule has 0 N–H and O–H groups in total. The van der Waals surface area contributed by atoms with Crippen molar-refractivity contribution in [2.24, 2.45) is 5.92 Å². The van der Waals surface area contributed by atoms with E-state index in [1.54, 1.807) is 0 Å². The van der Waals surface area contributed by atoms with Crippen LogP contribution in [0.1, 0.15) is 25.2 Å². The molecule has 0 aliphatic heterocycles. The minimum absolute atomic E-state index is 0.337. The molecule has 2 rings (SSSR count). The average molecular weight is 162 g/mol. The molecule has 62 valence electrons. The van der Waals surface area contributed by atoms with E-state index in [1.165, 1.54) is 0 Å². The summed E-state index contributed by atoms with van der Waals surface area (Å²) in [7, 11) is 0. The zero-order chi connectivity index (χ0) is 8.72. The highest BCUT2D eigenvalue weighted by atomic mass is 16.6. The van der Waals surface area contributed by atoms with Gasteiger partial charge in [0.05, 0.1) is 0 Å². The minimum Gasteiger partial charge on any atom is -0.243 e. The van der Waals surface area contributed by atoms with Gasteiger partial charge in [0.2, 0.25) is 0 Å². The molecule has 1 aromatic heterocycles. The number of allylic oxidation sites excluding steroid dienone is 3. The van der Waals surface area contributed by atoms with Gasteiger partial charge in [-0.05, 0) is 28.4 Å². The Morgan fingerprint density at radius 2 is 2.08 bits per heavy atom. The Morgan fingerprint density at radius 3 is 2.83 bits per heavy atom. The molecule has 0 fully saturated rings. The molecule has 0 saturated heterocycles. The van der Waals surface area contributed by atoms with Gasteiger partial charge in [-0.2, -0.15) is 0 Å². The van der Waals surface area contributed by atoms with Gasteiger partial charge in [-0.25, -0.2) is 4.63 Å². The van der Waals surface area contributed by atoms with Crippen LogP contribution in [0.3, 0.4) is 0 Å². The normalized spacial score (nSPS) is 22.0. The summed E-state index contributed by atoms with van der Waals surface area (Å²) < 4.78 is 4.65. The summed E-state index contributed by atoms with van der Waals surface area (Å²) in [6, 6.07) is 0. The third-order valence-electron chi connectivity index (χ3n) is 2.22. The first-order chi connectivity index (χ1) is 5.70.